The van der Waals surface area contributed by atoms with Gasteiger partial charge in [-0.2, -0.15) is 0 Å². The standard InChI is InChI=1S/C11H15NO/c1-8-2-3-9-4-5-12-11(7-13)10(9)6-8/h2-3,6,11-13H,4-5,7H2,1H3. The van der Waals surface area contributed by atoms with Gasteiger partial charge in [0.05, 0.1) is 12.6 Å². The number of fused-ring (bicyclic) bond motifs is 1. The van der Waals surface area contributed by atoms with E-state index in [0.717, 1.165) is 13.0 Å². The van der Waals surface area contributed by atoms with Gasteiger partial charge in [-0.05, 0) is 31.0 Å². The van der Waals surface area contributed by atoms with Gasteiger partial charge in [0.15, 0.2) is 0 Å². The molecule has 0 bridgehead atoms. The summed E-state index contributed by atoms with van der Waals surface area (Å²) in [6.07, 6.45) is 1.08. The Morgan fingerprint density at radius 2 is 2.38 bits per heavy atom. The van der Waals surface area contributed by atoms with Crippen LogP contribution in [0, 0.1) is 6.92 Å². The summed E-state index contributed by atoms with van der Waals surface area (Å²) in [6, 6.07) is 6.62. The smallest absolute Gasteiger partial charge is 0.0626 e. The fraction of sp³-hybridized carbons (Fsp3) is 0.455. The third-order valence-corrected chi connectivity index (χ3v) is 2.64. The van der Waals surface area contributed by atoms with Crippen molar-refractivity contribution in [2.24, 2.45) is 0 Å². The molecule has 1 atom stereocenters. The van der Waals surface area contributed by atoms with Gasteiger partial charge in [0, 0.05) is 0 Å². The van der Waals surface area contributed by atoms with Gasteiger partial charge in [-0.1, -0.05) is 23.8 Å². The molecule has 1 aromatic rings. The zero-order valence-electron chi connectivity index (χ0n) is 7.88. The summed E-state index contributed by atoms with van der Waals surface area (Å²) in [5.41, 5.74) is 3.91. The molecule has 0 fully saturated rings. The van der Waals surface area contributed by atoms with Crippen LogP contribution in [0.25, 0.3) is 0 Å². The number of aliphatic hydroxyl groups excluding tert-OH is 1. The van der Waals surface area contributed by atoms with Gasteiger partial charge in [0.1, 0.15) is 0 Å². The Balaban J connectivity index is 2.41. The van der Waals surface area contributed by atoms with Crippen molar-refractivity contribution in [3.05, 3.63) is 34.9 Å². The van der Waals surface area contributed by atoms with Crippen LogP contribution in [-0.2, 0) is 6.42 Å². The molecule has 2 N–H and O–H groups in total. The minimum atomic E-state index is 0.142. The second-order valence-electron chi connectivity index (χ2n) is 3.64. The van der Waals surface area contributed by atoms with Crippen LogP contribution < -0.4 is 5.32 Å². The molecule has 13 heavy (non-hydrogen) atoms. The van der Waals surface area contributed by atoms with Crippen molar-refractivity contribution < 1.29 is 5.11 Å². The summed E-state index contributed by atoms with van der Waals surface area (Å²) in [6.45, 7) is 3.25. The molecule has 0 aliphatic carbocycles. The summed E-state index contributed by atoms with van der Waals surface area (Å²) in [4.78, 5) is 0. The predicted molar refractivity (Wildman–Crippen MR) is 52.7 cm³/mol. The topological polar surface area (TPSA) is 32.3 Å². The van der Waals surface area contributed by atoms with Crippen LogP contribution in [0.2, 0.25) is 0 Å². The Morgan fingerprint density at radius 1 is 1.54 bits per heavy atom. The van der Waals surface area contributed by atoms with Gasteiger partial charge in [0.2, 0.25) is 0 Å². The average molecular weight is 177 g/mol. The number of aryl methyl sites for hydroxylation is 1. The summed E-state index contributed by atoms with van der Waals surface area (Å²) < 4.78 is 0. The minimum Gasteiger partial charge on any atom is -0.394 e. The van der Waals surface area contributed by atoms with Gasteiger partial charge in [-0.25, -0.2) is 0 Å². The first-order valence-corrected chi connectivity index (χ1v) is 4.75. The molecule has 70 valence electrons. The lowest BCUT2D eigenvalue weighted by atomic mass is 9.93. The first kappa shape index (κ1) is 8.73. The lowest BCUT2D eigenvalue weighted by Crippen LogP contribution is -2.32. The molecule has 1 unspecified atom stereocenters. The summed E-state index contributed by atoms with van der Waals surface area (Å²) in [5, 5.41) is 12.5. The highest BCUT2D eigenvalue weighted by Gasteiger charge is 2.18. The van der Waals surface area contributed by atoms with Crippen molar-refractivity contribution in [1.82, 2.24) is 5.32 Å². The fourth-order valence-electron chi connectivity index (χ4n) is 1.92. The van der Waals surface area contributed by atoms with E-state index in [2.05, 4.69) is 30.4 Å². The zero-order valence-corrected chi connectivity index (χ0v) is 7.88. The van der Waals surface area contributed by atoms with Crippen LogP contribution in [0.1, 0.15) is 22.7 Å². The van der Waals surface area contributed by atoms with Crippen molar-refractivity contribution in [3.8, 4) is 0 Å². The molecule has 2 rings (SSSR count). The van der Waals surface area contributed by atoms with Gasteiger partial charge in [-0.15, -0.1) is 0 Å². The van der Waals surface area contributed by atoms with Crippen molar-refractivity contribution >= 4 is 0 Å². The molecular weight excluding hydrogens is 162 g/mol. The maximum atomic E-state index is 9.17. The van der Waals surface area contributed by atoms with Gasteiger partial charge in [-0.3, -0.25) is 0 Å². The molecule has 0 amide bonds. The Bertz CT molecular complexity index is 309. The largest absolute Gasteiger partial charge is 0.394 e. The maximum Gasteiger partial charge on any atom is 0.0626 e. The number of rotatable bonds is 1. The quantitative estimate of drug-likeness (QED) is 0.675. The Kier molecular flexibility index (Phi) is 2.34. The third-order valence-electron chi connectivity index (χ3n) is 2.64. The first-order valence-electron chi connectivity index (χ1n) is 4.75. The van der Waals surface area contributed by atoms with Crippen LogP contribution in [0.4, 0.5) is 0 Å². The molecule has 0 saturated heterocycles. The summed E-state index contributed by atoms with van der Waals surface area (Å²) >= 11 is 0. The predicted octanol–water partition coefficient (Wildman–Crippen LogP) is 1.17. The molecule has 0 radical (unpaired) electrons. The van der Waals surface area contributed by atoms with Crippen LogP contribution in [0.15, 0.2) is 18.2 Å². The monoisotopic (exact) mass is 177 g/mol. The van der Waals surface area contributed by atoms with E-state index in [1.807, 2.05) is 0 Å². The number of aliphatic hydroxyl groups is 1. The van der Waals surface area contributed by atoms with Gasteiger partial charge in [0.25, 0.3) is 0 Å². The Morgan fingerprint density at radius 3 is 3.15 bits per heavy atom. The number of hydrogen-bond donors (Lipinski definition) is 2. The molecule has 1 aromatic carbocycles. The van der Waals surface area contributed by atoms with E-state index in [1.54, 1.807) is 0 Å². The molecule has 2 heteroatoms. The van der Waals surface area contributed by atoms with E-state index in [-0.39, 0.29) is 12.6 Å². The van der Waals surface area contributed by atoms with E-state index in [0.29, 0.717) is 0 Å². The zero-order chi connectivity index (χ0) is 9.26. The first-order chi connectivity index (χ1) is 6.31. The molecule has 0 aromatic heterocycles. The normalized spacial score (nSPS) is 21.2. The van der Waals surface area contributed by atoms with E-state index >= 15 is 0 Å². The molecule has 1 aliphatic rings. The lowest BCUT2D eigenvalue weighted by molar-refractivity contribution is 0.240. The molecular formula is C11H15NO. The Hall–Kier alpha value is -0.860. The van der Waals surface area contributed by atoms with Crippen molar-refractivity contribution in [1.29, 1.82) is 0 Å². The fourth-order valence-corrected chi connectivity index (χ4v) is 1.92. The molecule has 1 heterocycles. The highest BCUT2D eigenvalue weighted by atomic mass is 16.3. The van der Waals surface area contributed by atoms with Crippen LogP contribution in [0.5, 0.6) is 0 Å². The van der Waals surface area contributed by atoms with Crippen LogP contribution >= 0.6 is 0 Å². The van der Waals surface area contributed by atoms with E-state index < -0.39 is 0 Å². The SMILES string of the molecule is Cc1ccc2c(c1)C(CO)NCC2. The van der Waals surface area contributed by atoms with Crippen LogP contribution in [0.3, 0.4) is 0 Å². The minimum absolute atomic E-state index is 0.142. The molecule has 2 nitrogen and oxygen atoms in total. The van der Waals surface area contributed by atoms with Crippen molar-refractivity contribution in [2.45, 2.75) is 19.4 Å². The summed E-state index contributed by atoms with van der Waals surface area (Å²) in [7, 11) is 0. The second kappa shape index (κ2) is 3.48. The van der Waals surface area contributed by atoms with Gasteiger partial charge < -0.3 is 10.4 Å². The van der Waals surface area contributed by atoms with Crippen LogP contribution in [-0.4, -0.2) is 18.3 Å². The third kappa shape index (κ3) is 1.60. The maximum absolute atomic E-state index is 9.17. The highest BCUT2D eigenvalue weighted by molar-refractivity contribution is 5.35. The van der Waals surface area contributed by atoms with Gasteiger partial charge >= 0.3 is 0 Å². The van der Waals surface area contributed by atoms with E-state index in [9.17, 15) is 0 Å². The molecule has 0 spiro atoms. The second-order valence-corrected chi connectivity index (χ2v) is 3.64. The van der Waals surface area contributed by atoms with E-state index in [4.69, 9.17) is 5.11 Å². The van der Waals surface area contributed by atoms with Crippen molar-refractivity contribution in [2.75, 3.05) is 13.2 Å². The lowest BCUT2D eigenvalue weighted by Gasteiger charge is -2.25. The Labute approximate surface area is 78.6 Å². The number of benzene rings is 1. The summed E-state index contributed by atoms with van der Waals surface area (Å²) in [5.74, 6) is 0. The molecule has 1 aliphatic heterocycles. The molecule has 0 saturated carbocycles. The number of hydrogen-bond acceptors (Lipinski definition) is 2. The number of nitrogens with one attached hydrogen (secondary N) is 1. The highest BCUT2D eigenvalue weighted by Crippen LogP contribution is 2.23. The van der Waals surface area contributed by atoms with Crippen molar-refractivity contribution in [3.63, 3.8) is 0 Å². The van der Waals surface area contributed by atoms with E-state index in [1.165, 1.54) is 16.7 Å². The average Bonchev–Trinajstić information content (AvgIpc) is 2.17.